The van der Waals surface area contributed by atoms with Gasteiger partial charge in [0, 0.05) is 46.1 Å². The first-order chi connectivity index (χ1) is 17.6. The minimum atomic E-state index is -1.22. The first-order valence-electron chi connectivity index (χ1n) is 12.2. The Morgan fingerprint density at radius 3 is 2.46 bits per heavy atom. The molecule has 4 rings (SSSR count). The lowest BCUT2D eigenvalue weighted by molar-refractivity contribution is -0.122. The van der Waals surface area contributed by atoms with Gasteiger partial charge in [-0.15, -0.1) is 0 Å². The van der Waals surface area contributed by atoms with Gasteiger partial charge in [-0.25, -0.2) is 9.97 Å². The molecule has 2 amide bonds. The number of nitrogens with one attached hydrogen (secondary N) is 1. The summed E-state index contributed by atoms with van der Waals surface area (Å²) in [4.78, 5) is 36.7. The quantitative estimate of drug-likeness (QED) is 0.325. The van der Waals surface area contributed by atoms with Crippen LogP contribution in [-0.2, 0) is 9.53 Å². The van der Waals surface area contributed by atoms with Crippen molar-refractivity contribution in [3.63, 3.8) is 0 Å². The summed E-state index contributed by atoms with van der Waals surface area (Å²) in [7, 11) is 2.24. The summed E-state index contributed by atoms with van der Waals surface area (Å²) in [6.07, 6.45) is 3.41. The molecule has 1 N–H and O–H groups in total. The molecular weight excluding hydrogens is 486 g/mol. The second kappa shape index (κ2) is 11.1. The molecule has 0 saturated carbocycles. The monoisotopic (exact) mass is 519 g/mol. The zero-order chi connectivity index (χ0) is 26.6. The molecule has 0 fully saturated rings. The van der Waals surface area contributed by atoms with Crippen LogP contribution in [0.15, 0.2) is 54.9 Å². The van der Waals surface area contributed by atoms with Crippen LogP contribution in [0.5, 0.6) is 5.88 Å². The molecule has 2 aromatic heterocycles. The Morgan fingerprint density at radius 2 is 1.81 bits per heavy atom. The molecule has 0 atom stereocenters. The van der Waals surface area contributed by atoms with Gasteiger partial charge in [-0.05, 0) is 41.9 Å². The molecule has 10 heteroatoms. The van der Waals surface area contributed by atoms with E-state index in [0.29, 0.717) is 35.2 Å². The maximum absolute atomic E-state index is 12.5. The Labute approximate surface area is 218 Å². The number of amides is 2. The molecule has 0 spiro atoms. The van der Waals surface area contributed by atoms with E-state index in [0.717, 1.165) is 17.2 Å². The Hall–Kier alpha value is -3.76. The number of ether oxygens (including phenoxy) is 2. The molecule has 1 aliphatic rings. The zero-order valence-corrected chi connectivity index (χ0v) is 22.9. The van der Waals surface area contributed by atoms with E-state index < -0.39 is 8.07 Å². The maximum Gasteiger partial charge on any atom is 0.267 e. The number of nitrogens with zero attached hydrogens (tertiary/aromatic N) is 4. The highest BCUT2D eigenvalue weighted by Crippen LogP contribution is 2.33. The molecule has 194 valence electrons. The molecule has 1 aromatic carbocycles. The van der Waals surface area contributed by atoms with Crippen LogP contribution in [0.25, 0.3) is 11.1 Å². The largest absolute Gasteiger partial charge is 0.466 e. The van der Waals surface area contributed by atoms with Gasteiger partial charge in [0.2, 0.25) is 5.88 Å². The van der Waals surface area contributed by atoms with Crippen LogP contribution in [0.2, 0.25) is 25.7 Å². The Bertz CT molecular complexity index is 1260. The normalized spacial score (nSPS) is 13.1. The van der Waals surface area contributed by atoms with Crippen LogP contribution in [0.1, 0.15) is 10.4 Å². The molecule has 37 heavy (non-hydrogen) atoms. The summed E-state index contributed by atoms with van der Waals surface area (Å²) in [6, 6.07) is 14.1. The summed E-state index contributed by atoms with van der Waals surface area (Å²) >= 11 is 0. The fourth-order valence-electron chi connectivity index (χ4n) is 3.68. The number of pyridine rings is 2. The van der Waals surface area contributed by atoms with Crippen LogP contribution in [-0.4, -0.2) is 68.8 Å². The third-order valence-corrected chi connectivity index (χ3v) is 7.58. The fraction of sp³-hybridized carbons (Fsp3) is 0.333. The Morgan fingerprint density at radius 1 is 1.08 bits per heavy atom. The van der Waals surface area contributed by atoms with Gasteiger partial charge in [0.1, 0.15) is 18.2 Å². The lowest BCUT2D eigenvalue weighted by atomic mass is 10.1. The number of hydrogen-bond donors (Lipinski definition) is 1. The highest BCUT2D eigenvalue weighted by atomic mass is 28.3. The van der Waals surface area contributed by atoms with Crippen LogP contribution in [0.3, 0.4) is 0 Å². The minimum Gasteiger partial charge on any atom is -0.466 e. The van der Waals surface area contributed by atoms with Gasteiger partial charge in [-0.2, -0.15) is 0 Å². The smallest absolute Gasteiger partial charge is 0.267 e. The van der Waals surface area contributed by atoms with Crippen molar-refractivity contribution in [3.8, 4) is 17.0 Å². The SMILES string of the molecule is CN(C)C(=O)c1ccc(-c2ccc(Nc3cnc4c(c3)N(COCC[Si](C)(C)C)C(=O)CO4)nc2)cc1. The standard InChI is InChI=1S/C27H33N5O4Si/c1-31(2)27(34)20-8-6-19(7-9-20)21-10-11-24(28-15-21)30-22-14-23-26(29-16-22)36-17-25(33)32(23)18-35-12-13-37(3,4)5/h6-11,14-16H,12-13,17-18H2,1-5H3,(H,28,30). The average Bonchev–Trinajstić information content (AvgIpc) is 2.87. The lowest BCUT2D eigenvalue weighted by Crippen LogP contribution is -2.41. The molecule has 0 aliphatic carbocycles. The van der Waals surface area contributed by atoms with E-state index in [4.69, 9.17) is 9.47 Å². The van der Waals surface area contributed by atoms with Gasteiger partial charge < -0.3 is 19.7 Å². The van der Waals surface area contributed by atoms with Crippen molar-refractivity contribution < 1.29 is 19.1 Å². The van der Waals surface area contributed by atoms with Crippen molar-refractivity contribution in [2.45, 2.75) is 25.7 Å². The second-order valence-corrected chi connectivity index (χ2v) is 16.0. The predicted octanol–water partition coefficient (Wildman–Crippen LogP) is 4.63. The molecule has 0 saturated heterocycles. The molecule has 0 bridgehead atoms. The van der Waals surface area contributed by atoms with E-state index in [9.17, 15) is 9.59 Å². The number of aromatic nitrogens is 2. The van der Waals surface area contributed by atoms with E-state index in [1.165, 1.54) is 0 Å². The van der Waals surface area contributed by atoms with Gasteiger partial charge in [-0.3, -0.25) is 14.5 Å². The van der Waals surface area contributed by atoms with Crippen LogP contribution >= 0.6 is 0 Å². The Kier molecular flexibility index (Phi) is 7.89. The van der Waals surface area contributed by atoms with Gasteiger partial charge in [0.25, 0.3) is 11.8 Å². The Balaban J connectivity index is 1.44. The number of carbonyl (C=O) groups is 2. The molecule has 0 radical (unpaired) electrons. The second-order valence-electron chi connectivity index (χ2n) is 10.3. The zero-order valence-electron chi connectivity index (χ0n) is 21.9. The van der Waals surface area contributed by atoms with Crippen molar-refractivity contribution in [1.29, 1.82) is 0 Å². The van der Waals surface area contributed by atoms with Crippen molar-refractivity contribution in [3.05, 3.63) is 60.4 Å². The van der Waals surface area contributed by atoms with Crippen LogP contribution in [0.4, 0.5) is 17.2 Å². The van der Waals surface area contributed by atoms with Crippen molar-refractivity contribution in [2.75, 3.05) is 44.3 Å². The lowest BCUT2D eigenvalue weighted by Gasteiger charge is -2.29. The van der Waals surface area contributed by atoms with E-state index in [1.807, 2.05) is 42.5 Å². The van der Waals surface area contributed by atoms with Crippen LogP contribution < -0.4 is 15.0 Å². The number of rotatable bonds is 9. The molecular formula is C27H33N5O4Si. The highest BCUT2D eigenvalue weighted by molar-refractivity contribution is 6.76. The molecule has 9 nitrogen and oxygen atoms in total. The highest BCUT2D eigenvalue weighted by Gasteiger charge is 2.27. The average molecular weight is 520 g/mol. The van der Waals surface area contributed by atoms with E-state index in [-0.39, 0.29) is 25.2 Å². The molecule has 0 unspecified atom stereocenters. The number of hydrogen-bond acceptors (Lipinski definition) is 7. The summed E-state index contributed by atoms with van der Waals surface area (Å²) in [5, 5.41) is 3.24. The van der Waals surface area contributed by atoms with Gasteiger partial charge in [0.05, 0.1) is 11.9 Å². The summed E-state index contributed by atoms with van der Waals surface area (Å²) in [5.74, 6) is 0.830. The first kappa shape index (κ1) is 26.3. The summed E-state index contributed by atoms with van der Waals surface area (Å²) in [6.45, 7) is 7.59. The number of benzene rings is 1. The molecule has 3 aromatic rings. The predicted molar refractivity (Wildman–Crippen MR) is 147 cm³/mol. The molecule has 3 heterocycles. The van der Waals surface area contributed by atoms with Crippen LogP contribution in [0, 0.1) is 0 Å². The van der Waals surface area contributed by atoms with E-state index in [2.05, 4.69) is 34.9 Å². The van der Waals surface area contributed by atoms with Gasteiger partial charge in [0.15, 0.2) is 6.61 Å². The first-order valence-corrected chi connectivity index (χ1v) is 15.9. The van der Waals surface area contributed by atoms with E-state index >= 15 is 0 Å². The third kappa shape index (κ3) is 6.72. The van der Waals surface area contributed by atoms with Crippen molar-refractivity contribution >= 4 is 37.1 Å². The third-order valence-electron chi connectivity index (χ3n) is 5.88. The topological polar surface area (TPSA) is 96.9 Å². The van der Waals surface area contributed by atoms with E-state index in [1.54, 1.807) is 36.3 Å². The molecule has 1 aliphatic heterocycles. The number of carbonyl (C=O) groups excluding carboxylic acids is 2. The number of anilines is 3. The summed E-state index contributed by atoms with van der Waals surface area (Å²) in [5.41, 5.74) is 3.77. The maximum atomic E-state index is 12.5. The summed E-state index contributed by atoms with van der Waals surface area (Å²) < 4.78 is 11.3. The van der Waals surface area contributed by atoms with Gasteiger partial charge in [-0.1, -0.05) is 31.8 Å². The minimum absolute atomic E-state index is 0.0355. The van der Waals surface area contributed by atoms with Crippen molar-refractivity contribution in [2.24, 2.45) is 0 Å². The fourth-order valence-corrected chi connectivity index (χ4v) is 4.44. The van der Waals surface area contributed by atoms with Gasteiger partial charge >= 0.3 is 0 Å². The number of fused-ring (bicyclic) bond motifs is 1. The van der Waals surface area contributed by atoms with Crippen molar-refractivity contribution in [1.82, 2.24) is 14.9 Å².